The van der Waals surface area contributed by atoms with Crippen LogP contribution in [-0.2, 0) is 11.3 Å². The van der Waals surface area contributed by atoms with Crippen LogP contribution in [0.3, 0.4) is 0 Å². The largest absolute Gasteiger partial charge is 0.389 e. The normalized spacial score (nSPS) is 20.1. The second-order valence-corrected chi connectivity index (χ2v) is 7.05. The molecule has 4 nitrogen and oxygen atoms in total. The smallest absolute Gasteiger partial charge is 0.0897 e. The van der Waals surface area contributed by atoms with Gasteiger partial charge in [-0.1, -0.05) is 31.7 Å². The summed E-state index contributed by atoms with van der Waals surface area (Å²) in [6.45, 7) is 1.91. The van der Waals surface area contributed by atoms with Gasteiger partial charge in [0.1, 0.15) is 0 Å². The minimum Gasteiger partial charge on any atom is -0.389 e. The van der Waals surface area contributed by atoms with Gasteiger partial charge in [0.25, 0.3) is 0 Å². The van der Waals surface area contributed by atoms with E-state index in [2.05, 4.69) is 5.32 Å². The van der Waals surface area contributed by atoms with Gasteiger partial charge in [-0.15, -0.1) is 11.3 Å². The van der Waals surface area contributed by atoms with Crippen LogP contribution >= 0.6 is 11.3 Å². The average molecular weight is 313 g/mol. The molecular formula is C16H27NO3S. The van der Waals surface area contributed by atoms with Crippen molar-refractivity contribution < 1.29 is 14.9 Å². The Labute approximate surface area is 131 Å². The summed E-state index contributed by atoms with van der Waals surface area (Å²) in [5.41, 5.74) is -0.589. The molecule has 2 rings (SSSR count). The van der Waals surface area contributed by atoms with Crippen LogP contribution in [0.15, 0.2) is 17.5 Å². The zero-order chi connectivity index (χ0) is 15.0. The molecule has 0 aromatic carbocycles. The number of aliphatic hydroxyl groups excluding tert-OH is 1. The highest BCUT2D eigenvalue weighted by molar-refractivity contribution is 7.09. The summed E-state index contributed by atoms with van der Waals surface area (Å²) in [6.07, 6.45) is 5.85. The zero-order valence-corrected chi connectivity index (χ0v) is 13.4. The van der Waals surface area contributed by atoms with Crippen LogP contribution < -0.4 is 5.32 Å². The van der Waals surface area contributed by atoms with Crippen molar-refractivity contribution >= 4 is 11.3 Å². The fourth-order valence-electron chi connectivity index (χ4n) is 2.78. The van der Waals surface area contributed by atoms with Gasteiger partial charge in [0.05, 0.1) is 24.9 Å². The summed E-state index contributed by atoms with van der Waals surface area (Å²) in [5, 5.41) is 25.6. The first-order chi connectivity index (χ1) is 10.2. The molecule has 1 aromatic heterocycles. The summed E-state index contributed by atoms with van der Waals surface area (Å²) in [5.74, 6) is 0. The van der Waals surface area contributed by atoms with Gasteiger partial charge in [0.15, 0.2) is 0 Å². The molecule has 1 saturated carbocycles. The summed E-state index contributed by atoms with van der Waals surface area (Å²) in [6, 6.07) is 4.02. The first kappa shape index (κ1) is 16.9. The predicted octanol–water partition coefficient (Wildman–Crippen LogP) is 2.30. The minimum atomic E-state index is -0.589. The molecule has 0 amide bonds. The van der Waals surface area contributed by atoms with E-state index in [0.717, 1.165) is 25.7 Å². The molecule has 1 aliphatic rings. The van der Waals surface area contributed by atoms with E-state index in [1.807, 2.05) is 17.5 Å². The summed E-state index contributed by atoms with van der Waals surface area (Å²) >= 11 is 1.66. The minimum absolute atomic E-state index is 0.323. The highest BCUT2D eigenvalue weighted by atomic mass is 32.1. The van der Waals surface area contributed by atoms with Gasteiger partial charge in [-0.25, -0.2) is 0 Å². The van der Waals surface area contributed by atoms with Crippen molar-refractivity contribution in [3.05, 3.63) is 22.4 Å². The molecule has 21 heavy (non-hydrogen) atoms. The second kappa shape index (κ2) is 8.86. The Hall–Kier alpha value is -0.460. The number of nitrogens with one attached hydrogen (secondary N) is 1. The third-order valence-electron chi connectivity index (χ3n) is 4.00. The maximum Gasteiger partial charge on any atom is 0.0897 e. The molecule has 0 bridgehead atoms. The van der Waals surface area contributed by atoms with Crippen LogP contribution in [-0.4, -0.2) is 41.6 Å². The molecular weight excluding hydrogens is 286 g/mol. The average Bonchev–Trinajstić information content (AvgIpc) is 2.87. The van der Waals surface area contributed by atoms with Crippen LogP contribution in [0, 0.1) is 0 Å². The molecule has 0 spiro atoms. The molecule has 1 aliphatic carbocycles. The third kappa shape index (κ3) is 6.45. The van der Waals surface area contributed by atoms with E-state index in [1.54, 1.807) is 11.3 Å². The first-order valence-electron chi connectivity index (χ1n) is 7.89. The van der Waals surface area contributed by atoms with Gasteiger partial charge in [-0.05, 0) is 24.3 Å². The van der Waals surface area contributed by atoms with Crippen LogP contribution in [0.4, 0.5) is 0 Å². The van der Waals surface area contributed by atoms with Crippen molar-refractivity contribution in [1.82, 2.24) is 5.32 Å². The fraction of sp³-hybridized carbons (Fsp3) is 0.750. The van der Waals surface area contributed by atoms with Gasteiger partial charge in [0.2, 0.25) is 0 Å². The number of aliphatic hydroxyl groups is 2. The maximum atomic E-state index is 10.5. The molecule has 0 radical (unpaired) electrons. The Balaban J connectivity index is 1.56. The Morgan fingerprint density at radius 1 is 1.29 bits per heavy atom. The quantitative estimate of drug-likeness (QED) is 0.645. The van der Waals surface area contributed by atoms with Gasteiger partial charge in [-0.2, -0.15) is 0 Å². The molecule has 5 heteroatoms. The summed E-state index contributed by atoms with van der Waals surface area (Å²) in [4.78, 5) is 1.17. The molecule has 1 unspecified atom stereocenters. The molecule has 1 heterocycles. The van der Waals surface area contributed by atoms with Crippen LogP contribution in [0.5, 0.6) is 0 Å². The van der Waals surface area contributed by atoms with Gasteiger partial charge in [0, 0.05) is 18.0 Å². The summed E-state index contributed by atoms with van der Waals surface area (Å²) < 4.78 is 5.49. The van der Waals surface area contributed by atoms with Crippen molar-refractivity contribution in [2.75, 3.05) is 19.7 Å². The highest BCUT2D eigenvalue weighted by Gasteiger charge is 2.27. The SMILES string of the molecule is OC(CNCC1(O)CCCCCC1)COCc1cccs1. The molecule has 120 valence electrons. The fourth-order valence-corrected chi connectivity index (χ4v) is 3.42. The van der Waals surface area contributed by atoms with E-state index < -0.39 is 11.7 Å². The lowest BCUT2D eigenvalue weighted by molar-refractivity contribution is 0.00971. The van der Waals surface area contributed by atoms with E-state index in [9.17, 15) is 10.2 Å². The Kier molecular flexibility index (Phi) is 7.13. The van der Waals surface area contributed by atoms with Crippen molar-refractivity contribution in [2.45, 2.75) is 56.8 Å². The number of hydrogen-bond donors (Lipinski definition) is 3. The van der Waals surface area contributed by atoms with Gasteiger partial charge < -0.3 is 20.3 Å². The topological polar surface area (TPSA) is 61.7 Å². The Bertz CT molecular complexity index is 375. The number of thiophene rings is 1. The molecule has 3 N–H and O–H groups in total. The number of rotatable bonds is 8. The third-order valence-corrected chi connectivity index (χ3v) is 4.85. The van der Waals surface area contributed by atoms with Crippen molar-refractivity contribution in [3.63, 3.8) is 0 Å². The lowest BCUT2D eigenvalue weighted by Crippen LogP contribution is -2.43. The van der Waals surface area contributed by atoms with Crippen molar-refractivity contribution in [2.24, 2.45) is 0 Å². The molecule has 1 aromatic rings. The van der Waals surface area contributed by atoms with Gasteiger partial charge in [-0.3, -0.25) is 0 Å². The Morgan fingerprint density at radius 2 is 2.05 bits per heavy atom. The lowest BCUT2D eigenvalue weighted by Gasteiger charge is -2.27. The summed E-state index contributed by atoms with van der Waals surface area (Å²) in [7, 11) is 0. The van der Waals surface area contributed by atoms with Gasteiger partial charge >= 0.3 is 0 Å². The monoisotopic (exact) mass is 313 g/mol. The van der Waals surface area contributed by atoms with Crippen LogP contribution in [0.2, 0.25) is 0 Å². The molecule has 1 atom stereocenters. The second-order valence-electron chi connectivity index (χ2n) is 6.02. The van der Waals surface area contributed by atoms with E-state index in [1.165, 1.54) is 17.7 Å². The Morgan fingerprint density at radius 3 is 2.71 bits per heavy atom. The van der Waals surface area contributed by atoms with E-state index in [0.29, 0.717) is 26.3 Å². The van der Waals surface area contributed by atoms with E-state index in [4.69, 9.17) is 4.74 Å². The number of hydrogen-bond acceptors (Lipinski definition) is 5. The van der Waals surface area contributed by atoms with Crippen molar-refractivity contribution in [1.29, 1.82) is 0 Å². The predicted molar refractivity (Wildman–Crippen MR) is 85.5 cm³/mol. The van der Waals surface area contributed by atoms with E-state index in [-0.39, 0.29) is 0 Å². The first-order valence-corrected chi connectivity index (χ1v) is 8.77. The zero-order valence-electron chi connectivity index (χ0n) is 12.6. The van der Waals surface area contributed by atoms with Crippen LogP contribution in [0.25, 0.3) is 0 Å². The maximum absolute atomic E-state index is 10.5. The van der Waals surface area contributed by atoms with E-state index >= 15 is 0 Å². The highest BCUT2D eigenvalue weighted by Crippen LogP contribution is 2.26. The molecule has 0 aliphatic heterocycles. The molecule has 0 saturated heterocycles. The number of ether oxygens (including phenoxy) is 1. The van der Waals surface area contributed by atoms with Crippen LogP contribution in [0.1, 0.15) is 43.4 Å². The van der Waals surface area contributed by atoms with Crippen molar-refractivity contribution in [3.8, 4) is 0 Å². The standard InChI is InChI=1S/C16H27NO3S/c18-14(11-20-12-15-6-5-9-21-15)10-17-13-16(19)7-3-1-2-4-8-16/h5-6,9,14,17-19H,1-4,7-8,10-13H2. The molecule has 1 fully saturated rings. The lowest BCUT2D eigenvalue weighted by atomic mass is 9.94.